The smallest absolute Gasteiger partial charge is 0.258 e. The number of hydrogen-bond acceptors (Lipinski definition) is 5. The van der Waals surface area contributed by atoms with Crippen molar-refractivity contribution in [3.8, 4) is 5.75 Å². The van der Waals surface area contributed by atoms with E-state index in [9.17, 15) is 4.79 Å². The SMILES string of the molecule is CCCOc1ccc2ccccc2c1CN(C)C(=O)c1cc(C)nc2onc(C)c12. The van der Waals surface area contributed by atoms with Crippen molar-refractivity contribution < 1.29 is 14.1 Å². The molecule has 0 aliphatic heterocycles. The van der Waals surface area contributed by atoms with Gasteiger partial charge in [0.15, 0.2) is 0 Å². The number of aromatic nitrogens is 2. The summed E-state index contributed by atoms with van der Waals surface area (Å²) in [5, 5.41) is 6.85. The second kappa shape index (κ2) is 8.14. The van der Waals surface area contributed by atoms with Crippen LogP contribution < -0.4 is 4.74 Å². The summed E-state index contributed by atoms with van der Waals surface area (Å²) in [6.07, 6.45) is 0.919. The summed E-state index contributed by atoms with van der Waals surface area (Å²) in [5.41, 5.74) is 3.32. The maximum atomic E-state index is 13.4. The molecule has 2 heterocycles. The first kappa shape index (κ1) is 19.9. The van der Waals surface area contributed by atoms with Crippen LogP contribution >= 0.6 is 0 Å². The molecule has 0 aliphatic rings. The fourth-order valence-electron chi connectivity index (χ4n) is 3.73. The highest BCUT2D eigenvalue weighted by Crippen LogP contribution is 2.30. The average Bonchev–Trinajstić information content (AvgIpc) is 3.12. The van der Waals surface area contributed by atoms with E-state index in [1.54, 1.807) is 18.0 Å². The van der Waals surface area contributed by atoms with Crippen LogP contribution in [0.2, 0.25) is 0 Å². The van der Waals surface area contributed by atoms with E-state index in [4.69, 9.17) is 9.26 Å². The number of amides is 1. The zero-order valence-corrected chi connectivity index (χ0v) is 17.7. The minimum absolute atomic E-state index is 0.105. The molecule has 154 valence electrons. The minimum atomic E-state index is -0.105. The lowest BCUT2D eigenvalue weighted by atomic mass is 10.0. The van der Waals surface area contributed by atoms with Crippen molar-refractivity contribution in [2.24, 2.45) is 0 Å². The average molecular weight is 403 g/mol. The largest absolute Gasteiger partial charge is 0.493 e. The third kappa shape index (κ3) is 3.61. The van der Waals surface area contributed by atoms with E-state index in [1.165, 1.54) is 0 Å². The summed E-state index contributed by atoms with van der Waals surface area (Å²) in [4.78, 5) is 19.5. The molecular weight excluding hydrogens is 378 g/mol. The quantitative estimate of drug-likeness (QED) is 0.450. The Labute approximate surface area is 175 Å². The van der Waals surface area contributed by atoms with E-state index in [0.717, 1.165) is 28.5 Å². The molecule has 6 nitrogen and oxygen atoms in total. The highest BCUT2D eigenvalue weighted by molar-refractivity contribution is 6.06. The molecule has 0 N–H and O–H groups in total. The van der Waals surface area contributed by atoms with Gasteiger partial charge in [-0.2, -0.15) is 0 Å². The van der Waals surface area contributed by atoms with Gasteiger partial charge in [0, 0.05) is 24.8 Å². The molecule has 4 rings (SSSR count). The van der Waals surface area contributed by atoms with E-state index in [2.05, 4.69) is 35.3 Å². The minimum Gasteiger partial charge on any atom is -0.493 e. The normalized spacial score (nSPS) is 11.2. The molecule has 2 aromatic heterocycles. The van der Waals surface area contributed by atoms with Gasteiger partial charge in [0.2, 0.25) is 0 Å². The van der Waals surface area contributed by atoms with Gasteiger partial charge >= 0.3 is 0 Å². The molecule has 0 radical (unpaired) electrons. The number of fused-ring (bicyclic) bond motifs is 2. The molecule has 0 fully saturated rings. The van der Waals surface area contributed by atoms with Gasteiger partial charge in [-0.15, -0.1) is 0 Å². The van der Waals surface area contributed by atoms with Gasteiger partial charge in [-0.25, -0.2) is 4.98 Å². The molecule has 0 bridgehead atoms. The van der Waals surface area contributed by atoms with Crippen molar-refractivity contribution in [3.63, 3.8) is 0 Å². The third-order valence-electron chi connectivity index (χ3n) is 5.18. The molecule has 2 aromatic carbocycles. The second-order valence-electron chi connectivity index (χ2n) is 7.53. The Morgan fingerprint density at radius 1 is 1.17 bits per heavy atom. The van der Waals surface area contributed by atoms with Gasteiger partial charge in [0.1, 0.15) is 5.75 Å². The zero-order valence-electron chi connectivity index (χ0n) is 17.7. The van der Waals surface area contributed by atoms with Crippen LogP contribution in [0.5, 0.6) is 5.75 Å². The molecule has 0 spiro atoms. The standard InChI is InChI=1S/C24H25N3O3/c1-5-12-29-21-11-10-17-8-6-7-9-18(17)20(21)14-27(4)24(28)19-13-15(2)25-23-22(19)16(3)26-30-23/h6-11,13H,5,12,14H2,1-4H3. The van der Waals surface area contributed by atoms with Crippen LogP contribution in [0.1, 0.15) is 40.7 Å². The zero-order chi connectivity index (χ0) is 21.3. The van der Waals surface area contributed by atoms with E-state index in [1.807, 2.05) is 32.0 Å². The Morgan fingerprint density at radius 3 is 2.77 bits per heavy atom. The number of nitrogens with zero attached hydrogens (tertiary/aromatic N) is 3. The number of benzene rings is 2. The lowest BCUT2D eigenvalue weighted by Crippen LogP contribution is -2.27. The Bertz CT molecular complexity index is 1230. The van der Waals surface area contributed by atoms with Crippen molar-refractivity contribution in [1.29, 1.82) is 0 Å². The molecule has 0 saturated carbocycles. The van der Waals surface area contributed by atoms with E-state index in [-0.39, 0.29) is 5.91 Å². The van der Waals surface area contributed by atoms with Crippen molar-refractivity contribution in [2.75, 3.05) is 13.7 Å². The van der Waals surface area contributed by atoms with Gasteiger partial charge in [0.25, 0.3) is 11.6 Å². The Morgan fingerprint density at radius 2 is 1.97 bits per heavy atom. The van der Waals surface area contributed by atoms with Crippen LogP contribution in [0.15, 0.2) is 47.0 Å². The number of pyridine rings is 1. The summed E-state index contributed by atoms with van der Waals surface area (Å²) in [5.74, 6) is 0.707. The van der Waals surface area contributed by atoms with E-state index >= 15 is 0 Å². The Balaban J connectivity index is 1.74. The highest BCUT2D eigenvalue weighted by Gasteiger charge is 2.22. The highest BCUT2D eigenvalue weighted by atomic mass is 16.5. The summed E-state index contributed by atoms with van der Waals surface area (Å²) >= 11 is 0. The molecule has 1 amide bonds. The first-order chi connectivity index (χ1) is 14.5. The van der Waals surface area contributed by atoms with E-state index in [0.29, 0.717) is 41.2 Å². The molecule has 0 atom stereocenters. The molecule has 0 aliphatic carbocycles. The molecule has 30 heavy (non-hydrogen) atoms. The van der Waals surface area contributed by atoms with Crippen LogP contribution in [0.3, 0.4) is 0 Å². The maximum absolute atomic E-state index is 13.4. The summed E-state index contributed by atoms with van der Waals surface area (Å²) < 4.78 is 11.3. The molecule has 0 unspecified atom stereocenters. The van der Waals surface area contributed by atoms with Crippen molar-refractivity contribution in [3.05, 3.63) is 65.0 Å². The van der Waals surface area contributed by atoms with Crippen LogP contribution in [0.25, 0.3) is 21.9 Å². The Kier molecular flexibility index (Phi) is 5.40. The molecule has 4 aromatic rings. The number of carbonyl (C=O) groups excluding carboxylic acids is 1. The molecule has 6 heteroatoms. The predicted octanol–water partition coefficient (Wildman–Crippen LogP) is 5.05. The second-order valence-corrected chi connectivity index (χ2v) is 7.53. The number of carbonyl (C=O) groups is 1. The first-order valence-electron chi connectivity index (χ1n) is 10.1. The monoisotopic (exact) mass is 403 g/mol. The molecular formula is C24H25N3O3. The van der Waals surface area contributed by atoms with Gasteiger partial charge < -0.3 is 14.2 Å². The van der Waals surface area contributed by atoms with Crippen LogP contribution in [0.4, 0.5) is 0 Å². The fraction of sp³-hybridized carbons (Fsp3) is 0.292. The lowest BCUT2D eigenvalue weighted by molar-refractivity contribution is 0.0786. The lowest BCUT2D eigenvalue weighted by Gasteiger charge is -2.21. The number of hydrogen-bond donors (Lipinski definition) is 0. The number of aryl methyl sites for hydroxylation is 2. The van der Waals surface area contributed by atoms with Gasteiger partial charge in [-0.1, -0.05) is 42.4 Å². The third-order valence-corrected chi connectivity index (χ3v) is 5.18. The predicted molar refractivity (Wildman–Crippen MR) is 117 cm³/mol. The number of rotatable bonds is 6. The summed E-state index contributed by atoms with van der Waals surface area (Å²) in [6, 6.07) is 14.0. The first-order valence-corrected chi connectivity index (χ1v) is 10.1. The summed E-state index contributed by atoms with van der Waals surface area (Å²) in [7, 11) is 1.80. The van der Waals surface area contributed by atoms with Crippen molar-refractivity contribution in [2.45, 2.75) is 33.7 Å². The van der Waals surface area contributed by atoms with Crippen LogP contribution in [0, 0.1) is 13.8 Å². The Hall–Kier alpha value is -3.41. The van der Waals surface area contributed by atoms with Crippen molar-refractivity contribution >= 4 is 27.8 Å². The summed E-state index contributed by atoms with van der Waals surface area (Å²) in [6.45, 7) is 6.80. The molecule has 0 saturated heterocycles. The van der Waals surface area contributed by atoms with Crippen LogP contribution in [-0.2, 0) is 6.54 Å². The fourth-order valence-corrected chi connectivity index (χ4v) is 3.73. The number of ether oxygens (including phenoxy) is 1. The van der Waals surface area contributed by atoms with Gasteiger partial charge in [-0.3, -0.25) is 4.79 Å². The van der Waals surface area contributed by atoms with Crippen LogP contribution in [-0.4, -0.2) is 34.6 Å². The topological polar surface area (TPSA) is 68.5 Å². The van der Waals surface area contributed by atoms with E-state index < -0.39 is 0 Å². The maximum Gasteiger partial charge on any atom is 0.258 e. The van der Waals surface area contributed by atoms with Gasteiger partial charge in [-0.05, 0) is 43.2 Å². The van der Waals surface area contributed by atoms with Crippen molar-refractivity contribution in [1.82, 2.24) is 15.0 Å². The van der Waals surface area contributed by atoms with Gasteiger partial charge in [0.05, 0.1) is 23.3 Å².